The number of hydrogen-bond donors (Lipinski definition) is 0. The number of hydrogen-bond acceptors (Lipinski definition) is 4. The van der Waals surface area contributed by atoms with Gasteiger partial charge in [-0.25, -0.2) is 4.99 Å². The summed E-state index contributed by atoms with van der Waals surface area (Å²) in [5.41, 5.74) is 0. The summed E-state index contributed by atoms with van der Waals surface area (Å²) in [6.07, 6.45) is 1.20. The van der Waals surface area contributed by atoms with E-state index in [1.807, 2.05) is 0 Å². The minimum atomic E-state index is -0.456. The smallest absolute Gasteiger partial charge is 0.309 e. The molecular weight excluding hydrogens is 132 g/mol. The van der Waals surface area contributed by atoms with Gasteiger partial charge in [0.2, 0.25) is 5.88 Å². The Balaban J connectivity index is 4.08. The molecule has 0 aromatic heterocycles. The highest BCUT2D eigenvalue weighted by Gasteiger charge is 1.95. The van der Waals surface area contributed by atoms with E-state index in [1.165, 1.54) is 13.1 Å². The summed E-state index contributed by atoms with van der Waals surface area (Å²) in [7, 11) is 0. The Kier molecular flexibility index (Phi) is 3.79. The largest absolute Gasteiger partial charge is 0.406 e. The Morgan fingerprint density at radius 2 is 2.20 bits per heavy atom. The van der Waals surface area contributed by atoms with Gasteiger partial charge in [-0.05, 0) is 13.4 Å². The van der Waals surface area contributed by atoms with Gasteiger partial charge in [0, 0.05) is 6.92 Å². The lowest BCUT2D eigenvalue weighted by Crippen LogP contribution is -1.95. The Morgan fingerprint density at radius 3 is 2.50 bits per heavy atom. The molecule has 0 aromatic carbocycles. The van der Waals surface area contributed by atoms with Crippen LogP contribution >= 0.6 is 0 Å². The molecule has 4 nitrogen and oxygen atoms in total. The first-order valence-electron chi connectivity index (χ1n) is 2.52. The van der Waals surface area contributed by atoms with Gasteiger partial charge in [0.05, 0.1) is 6.20 Å². The van der Waals surface area contributed by atoms with Crippen molar-refractivity contribution < 1.29 is 9.53 Å². The van der Waals surface area contributed by atoms with Crippen molar-refractivity contribution in [1.29, 1.82) is 0 Å². The first-order valence-corrected chi connectivity index (χ1v) is 2.52. The average Bonchev–Trinajstić information content (AvgIpc) is 1.86. The molecule has 0 atom stereocenters. The summed E-state index contributed by atoms with van der Waals surface area (Å²) in [5, 5.41) is 0. The van der Waals surface area contributed by atoms with Crippen LogP contribution in [0.4, 0.5) is 0 Å². The number of ether oxygens (including phenoxy) is 1. The maximum absolute atomic E-state index is 10.3. The van der Waals surface area contributed by atoms with E-state index in [-0.39, 0.29) is 5.88 Å². The van der Waals surface area contributed by atoms with Crippen LogP contribution in [0, 0.1) is 0 Å². The molecule has 0 fully saturated rings. The van der Waals surface area contributed by atoms with Gasteiger partial charge < -0.3 is 4.74 Å². The third-order valence-electron chi connectivity index (χ3n) is 0.606. The van der Waals surface area contributed by atoms with E-state index in [0.29, 0.717) is 0 Å². The topological polar surface area (TPSA) is 51.0 Å². The molecule has 0 unspecified atom stereocenters. The molecule has 4 heteroatoms. The predicted molar refractivity (Wildman–Crippen MR) is 38.9 cm³/mol. The number of carbonyl (C=O) groups is 1. The molecule has 54 valence electrons. The van der Waals surface area contributed by atoms with E-state index >= 15 is 0 Å². The normalized spacial score (nSPS) is 10.3. The summed E-state index contributed by atoms with van der Waals surface area (Å²) in [4.78, 5) is 17.0. The van der Waals surface area contributed by atoms with Crippen LogP contribution in [-0.2, 0) is 9.53 Å². The van der Waals surface area contributed by atoms with Crippen molar-refractivity contribution in [2.75, 3.05) is 0 Å². The molecule has 0 saturated heterocycles. The van der Waals surface area contributed by atoms with Crippen LogP contribution in [0.15, 0.2) is 22.1 Å². The molecule has 0 heterocycles. The molecule has 0 bridgehead atoms. The van der Waals surface area contributed by atoms with Crippen molar-refractivity contribution in [2.24, 2.45) is 9.98 Å². The van der Waals surface area contributed by atoms with Gasteiger partial charge in [-0.3, -0.25) is 9.79 Å². The molecule has 0 rings (SSSR count). The quantitative estimate of drug-likeness (QED) is 0.330. The highest BCUT2D eigenvalue weighted by molar-refractivity contribution is 5.67. The van der Waals surface area contributed by atoms with Crippen LogP contribution < -0.4 is 0 Å². The van der Waals surface area contributed by atoms with E-state index in [4.69, 9.17) is 0 Å². The van der Waals surface area contributed by atoms with Crippen LogP contribution in [0.25, 0.3) is 0 Å². The van der Waals surface area contributed by atoms with Crippen molar-refractivity contribution in [2.45, 2.75) is 6.92 Å². The van der Waals surface area contributed by atoms with Crippen LogP contribution in [0.2, 0.25) is 0 Å². The molecular formula is C6H8N2O2. The van der Waals surface area contributed by atoms with Crippen molar-refractivity contribution in [3.63, 3.8) is 0 Å². The summed E-state index contributed by atoms with van der Waals surface area (Å²) in [5.74, 6) is -0.398. The predicted octanol–water partition coefficient (Wildman–Crippen LogP) is 0.750. The third-order valence-corrected chi connectivity index (χ3v) is 0.606. The zero-order chi connectivity index (χ0) is 7.98. The second-order valence-corrected chi connectivity index (χ2v) is 1.40. The Hall–Kier alpha value is -1.45. The van der Waals surface area contributed by atoms with Gasteiger partial charge in [-0.2, -0.15) is 0 Å². The molecule has 0 aliphatic carbocycles. The fraction of sp³-hybridized carbons (Fsp3) is 0.167. The van der Waals surface area contributed by atoms with Crippen molar-refractivity contribution in [1.82, 2.24) is 0 Å². The molecule has 0 aliphatic heterocycles. The molecule has 0 radical (unpaired) electrons. The van der Waals surface area contributed by atoms with Gasteiger partial charge in [0.15, 0.2) is 0 Å². The van der Waals surface area contributed by atoms with E-state index in [2.05, 4.69) is 28.2 Å². The summed E-state index contributed by atoms with van der Waals surface area (Å²) < 4.78 is 4.50. The Labute approximate surface area is 58.9 Å². The SMILES string of the molecule is C=N/C=C(\N=C)OC(C)=O. The maximum atomic E-state index is 10.3. The monoisotopic (exact) mass is 140 g/mol. The number of aliphatic imine (C=N–C) groups is 2. The lowest BCUT2D eigenvalue weighted by molar-refractivity contribution is -0.136. The van der Waals surface area contributed by atoms with Crippen molar-refractivity contribution in [3.05, 3.63) is 12.1 Å². The molecule has 0 spiro atoms. The van der Waals surface area contributed by atoms with E-state index in [1.54, 1.807) is 0 Å². The van der Waals surface area contributed by atoms with Gasteiger partial charge in [0.25, 0.3) is 0 Å². The van der Waals surface area contributed by atoms with Crippen LogP contribution in [0.1, 0.15) is 6.92 Å². The Morgan fingerprint density at radius 1 is 1.60 bits per heavy atom. The fourth-order valence-corrected chi connectivity index (χ4v) is 0.325. The maximum Gasteiger partial charge on any atom is 0.309 e. The summed E-state index contributed by atoms with van der Waals surface area (Å²) >= 11 is 0. The second-order valence-electron chi connectivity index (χ2n) is 1.40. The van der Waals surface area contributed by atoms with Crippen LogP contribution in [0.5, 0.6) is 0 Å². The summed E-state index contributed by atoms with van der Waals surface area (Å²) in [6.45, 7) is 7.57. The number of esters is 1. The zero-order valence-electron chi connectivity index (χ0n) is 5.70. The average molecular weight is 140 g/mol. The zero-order valence-corrected chi connectivity index (χ0v) is 5.70. The lowest BCUT2D eigenvalue weighted by Gasteiger charge is -1.96. The third kappa shape index (κ3) is 3.54. The van der Waals surface area contributed by atoms with E-state index in [9.17, 15) is 4.79 Å². The number of rotatable bonds is 3. The first kappa shape index (κ1) is 8.55. The number of nitrogens with zero attached hydrogens (tertiary/aromatic N) is 2. The van der Waals surface area contributed by atoms with Crippen molar-refractivity contribution in [3.8, 4) is 0 Å². The fourth-order valence-electron chi connectivity index (χ4n) is 0.325. The minimum Gasteiger partial charge on any atom is -0.406 e. The van der Waals surface area contributed by atoms with Gasteiger partial charge in [-0.15, -0.1) is 0 Å². The van der Waals surface area contributed by atoms with Gasteiger partial charge in [-0.1, -0.05) is 0 Å². The van der Waals surface area contributed by atoms with Gasteiger partial charge in [0.1, 0.15) is 0 Å². The minimum absolute atomic E-state index is 0.0579. The second kappa shape index (κ2) is 4.43. The molecule has 0 aliphatic rings. The first-order chi connectivity index (χ1) is 4.70. The molecule has 10 heavy (non-hydrogen) atoms. The lowest BCUT2D eigenvalue weighted by atomic mass is 10.7. The Bertz CT molecular complexity index is 184. The van der Waals surface area contributed by atoms with Gasteiger partial charge >= 0.3 is 5.97 Å². The molecule has 0 N–H and O–H groups in total. The standard InChI is InChI=1S/C6H8N2O2/c1-5(9)10-6(8-3)4-7-2/h4H,2-3H2,1H3/b6-4+. The molecule has 0 amide bonds. The number of carbonyl (C=O) groups excluding carboxylic acids is 1. The molecule has 0 aromatic rings. The van der Waals surface area contributed by atoms with Crippen molar-refractivity contribution >= 4 is 19.4 Å². The highest BCUT2D eigenvalue weighted by atomic mass is 16.5. The molecule has 0 saturated carbocycles. The van der Waals surface area contributed by atoms with Crippen LogP contribution in [0.3, 0.4) is 0 Å². The summed E-state index contributed by atoms with van der Waals surface area (Å²) in [6, 6.07) is 0. The van der Waals surface area contributed by atoms with Crippen LogP contribution in [-0.4, -0.2) is 19.4 Å². The van der Waals surface area contributed by atoms with E-state index < -0.39 is 5.97 Å². The van der Waals surface area contributed by atoms with E-state index in [0.717, 1.165) is 0 Å². The highest BCUT2D eigenvalue weighted by Crippen LogP contribution is 1.97.